The summed E-state index contributed by atoms with van der Waals surface area (Å²) in [6, 6.07) is 18.3. The first-order valence-electron chi connectivity index (χ1n) is 12.5. The van der Waals surface area contributed by atoms with Gasteiger partial charge in [-0.3, -0.25) is 9.59 Å². The largest absolute Gasteiger partial charge is 0.481 e. The van der Waals surface area contributed by atoms with Crippen LogP contribution in [0.4, 0.5) is 0 Å². The average Bonchev–Trinajstić information content (AvgIpc) is 3.31. The Labute approximate surface area is 314 Å². The van der Waals surface area contributed by atoms with Crippen LogP contribution in [0, 0.1) is 0 Å². The van der Waals surface area contributed by atoms with E-state index in [1.165, 1.54) is 35.9 Å². The molecule has 0 bridgehead atoms. The number of carboxylic acid groups (broad SMARTS) is 2. The van der Waals surface area contributed by atoms with E-state index in [2.05, 4.69) is 39.8 Å². The zero-order chi connectivity index (χ0) is 25.6. The fourth-order valence-corrected chi connectivity index (χ4v) is 5.17. The number of aromatic nitrogens is 4. The minimum absolute atomic E-state index is 0. The van der Waals surface area contributed by atoms with E-state index in [1.54, 1.807) is 0 Å². The van der Waals surface area contributed by atoms with E-state index >= 15 is 0 Å². The third-order valence-corrected chi connectivity index (χ3v) is 7.24. The summed E-state index contributed by atoms with van der Waals surface area (Å²) in [7, 11) is 0. The van der Waals surface area contributed by atoms with Crippen molar-refractivity contribution in [1.82, 2.24) is 20.2 Å². The first-order valence-corrected chi connectivity index (χ1v) is 13.4. The molecule has 3 rings (SSSR count). The van der Waals surface area contributed by atoms with Crippen LogP contribution in [-0.2, 0) is 29.0 Å². The van der Waals surface area contributed by atoms with Gasteiger partial charge in [-0.05, 0) is 59.2 Å². The van der Waals surface area contributed by atoms with Gasteiger partial charge in [0.25, 0.3) is 0 Å². The first kappa shape index (κ1) is 36.1. The second-order valence-corrected chi connectivity index (χ2v) is 9.90. The molecule has 0 aliphatic heterocycles. The number of unbranched alkanes of at least 4 members (excludes halogenated alkanes) is 5. The molecular weight excluding hydrogens is 555 g/mol. The Morgan fingerprint density at radius 1 is 0.816 bits per heavy atom. The van der Waals surface area contributed by atoms with Gasteiger partial charge in [-0.15, -0.1) is 5.10 Å². The molecule has 0 aliphatic rings. The van der Waals surface area contributed by atoms with Crippen LogP contribution in [-0.4, -0.2) is 145 Å². The summed E-state index contributed by atoms with van der Waals surface area (Å²) in [5.41, 5.74) is 3.19. The summed E-state index contributed by atoms with van der Waals surface area (Å²) in [4.78, 5) is 23.0. The van der Waals surface area contributed by atoms with Crippen LogP contribution in [0.2, 0.25) is 0 Å². The summed E-state index contributed by atoms with van der Waals surface area (Å²) in [5.74, 6) is -1.84. The SMILES string of the molecule is O=C(O)CCCn1nnnc1SC(C(=O)O)c1ccccc1CCCCCCCCc1ccccc1.[K].[K]. The Kier molecular flexibility index (Phi) is 19.8. The van der Waals surface area contributed by atoms with Gasteiger partial charge >= 0.3 is 11.9 Å². The first-order chi connectivity index (χ1) is 17.5. The van der Waals surface area contributed by atoms with Gasteiger partial charge in [-0.25, -0.2) is 4.68 Å². The maximum atomic E-state index is 12.2. The van der Waals surface area contributed by atoms with Gasteiger partial charge in [-0.1, -0.05) is 92.0 Å². The standard InChI is InChI=1S/C27H34N4O4S.2K/c32-24(33)19-12-20-31-27(28-29-30-31)36-25(26(34)35)23-18-11-10-17-22(23)16-9-4-2-1-3-6-13-21-14-7-5-8-15-21;;/h5,7-8,10-11,14-15,17-18,25H,1-4,6,9,12-13,16,19-20H2,(H,32,33)(H,34,35);;. The topological polar surface area (TPSA) is 118 Å². The van der Waals surface area contributed by atoms with Crippen molar-refractivity contribution >= 4 is 126 Å². The smallest absolute Gasteiger partial charge is 0.321 e. The molecule has 3 aromatic rings. The van der Waals surface area contributed by atoms with Crippen LogP contribution in [0.15, 0.2) is 59.8 Å². The number of hydrogen-bond donors (Lipinski definition) is 2. The Balaban J connectivity index is 0.00000361. The molecule has 0 aliphatic carbocycles. The van der Waals surface area contributed by atoms with E-state index in [0.29, 0.717) is 18.1 Å². The third kappa shape index (κ3) is 13.2. The van der Waals surface area contributed by atoms with Crippen molar-refractivity contribution in [1.29, 1.82) is 0 Å². The Hall–Kier alpha value is 0.0727. The average molecular weight is 589 g/mol. The Morgan fingerprint density at radius 3 is 2.13 bits per heavy atom. The second kappa shape index (κ2) is 20.9. The number of tetrazole rings is 1. The van der Waals surface area contributed by atoms with Gasteiger partial charge in [0.05, 0.1) is 0 Å². The Bertz CT molecular complexity index is 1100. The van der Waals surface area contributed by atoms with Crippen LogP contribution in [0.5, 0.6) is 0 Å². The molecule has 2 radical (unpaired) electrons. The number of carboxylic acids is 2. The quantitative estimate of drug-likeness (QED) is 0.131. The molecule has 2 aromatic carbocycles. The number of aryl methyl sites for hydroxylation is 3. The molecule has 1 heterocycles. The summed E-state index contributed by atoms with van der Waals surface area (Å²) >= 11 is 1.09. The monoisotopic (exact) mass is 588 g/mol. The number of hydrogen-bond acceptors (Lipinski definition) is 6. The predicted molar refractivity (Wildman–Crippen MR) is 150 cm³/mol. The molecule has 8 nitrogen and oxygen atoms in total. The van der Waals surface area contributed by atoms with Gasteiger partial charge < -0.3 is 10.2 Å². The van der Waals surface area contributed by atoms with E-state index in [9.17, 15) is 14.7 Å². The van der Waals surface area contributed by atoms with Gasteiger partial charge in [0.15, 0.2) is 0 Å². The van der Waals surface area contributed by atoms with E-state index < -0.39 is 17.2 Å². The van der Waals surface area contributed by atoms with Crippen molar-refractivity contribution in [3.8, 4) is 0 Å². The van der Waals surface area contributed by atoms with Crippen molar-refractivity contribution in [2.75, 3.05) is 0 Å². The maximum Gasteiger partial charge on any atom is 0.321 e. The molecule has 0 amide bonds. The summed E-state index contributed by atoms with van der Waals surface area (Å²) < 4.78 is 1.48. The van der Waals surface area contributed by atoms with E-state index in [1.807, 2.05) is 30.3 Å². The minimum atomic E-state index is -0.953. The van der Waals surface area contributed by atoms with Crippen LogP contribution in [0.1, 0.15) is 73.3 Å². The number of aliphatic carboxylic acids is 2. The fraction of sp³-hybridized carbons (Fsp3) is 0.444. The summed E-state index contributed by atoms with van der Waals surface area (Å²) in [6.07, 6.45) is 9.29. The number of rotatable bonds is 17. The molecule has 0 spiro atoms. The second-order valence-electron chi connectivity index (χ2n) is 8.82. The molecule has 11 heteroatoms. The molecule has 1 unspecified atom stereocenters. The van der Waals surface area contributed by atoms with Crippen LogP contribution in [0.25, 0.3) is 0 Å². The normalized spacial score (nSPS) is 11.3. The number of carbonyl (C=O) groups is 2. The van der Waals surface area contributed by atoms with Gasteiger partial charge in [-0.2, -0.15) is 0 Å². The van der Waals surface area contributed by atoms with Gasteiger partial charge in [0.1, 0.15) is 5.25 Å². The van der Waals surface area contributed by atoms with Crippen molar-refractivity contribution in [3.05, 3.63) is 71.3 Å². The molecule has 0 saturated carbocycles. The predicted octanol–water partition coefficient (Wildman–Crippen LogP) is 4.82. The zero-order valence-electron chi connectivity index (χ0n) is 22.5. The van der Waals surface area contributed by atoms with Crippen molar-refractivity contribution in [2.24, 2.45) is 0 Å². The molecule has 2 N–H and O–H groups in total. The molecule has 194 valence electrons. The minimum Gasteiger partial charge on any atom is -0.481 e. The van der Waals surface area contributed by atoms with Crippen molar-refractivity contribution in [3.63, 3.8) is 0 Å². The molecule has 1 aromatic heterocycles. The van der Waals surface area contributed by atoms with Gasteiger partial charge in [0, 0.05) is 116 Å². The zero-order valence-corrected chi connectivity index (χ0v) is 29.5. The maximum absolute atomic E-state index is 12.2. The van der Waals surface area contributed by atoms with Crippen LogP contribution < -0.4 is 0 Å². The molecular formula is C27H34K2N4O4S. The summed E-state index contributed by atoms with van der Waals surface area (Å²) in [6.45, 7) is 0.320. The van der Waals surface area contributed by atoms with Crippen molar-refractivity contribution < 1.29 is 19.8 Å². The molecule has 0 saturated heterocycles. The molecule has 0 fully saturated rings. The van der Waals surface area contributed by atoms with Crippen LogP contribution >= 0.6 is 11.8 Å². The number of benzene rings is 2. The van der Waals surface area contributed by atoms with E-state index in [4.69, 9.17) is 5.11 Å². The van der Waals surface area contributed by atoms with E-state index in [-0.39, 0.29) is 109 Å². The Morgan fingerprint density at radius 2 is 1.45 bits per heavy atom. The molecule has 38 heavy (non-hydrogen) atoms. The van der Waals surface area contributed by atoms with E-state index in [0.717, 1.165) is 48.6 Å². The number of nitrogens with zero attached hydrogens (tertiary/aromatic N) is 4. The van der Waals surface area contributed by atoms with Crippen LogP contribution in [0.3, 0.4) is 0 Å². The third-order valence-electron chi connectivity index (χ3n) is 6.05. The summed E-state index contributed by atoms with van der Waals surface area (Å²) in [5, 5.41) is 29.9. The van der Waals surface area contributed by atoms with Crippen molar-refractivity contribution in [2.45, 2.75) is 81.2 Å². The fourth-order valence-electron chi connectivity index (χ4n) is 4.17. The van der Waals surface area contributed by atoms with Gasteiger partial charge in [0.2, 0.25) is 5.16 Å². The molecule has 1 atom stereocenters. The number of thioether (sulfide) groups is 1.